The minimum atomic E-state index is -0.512. The standard InChI is InChI=1S/C24H32N2O7/c1-4-8-19-14-21(15-20(32-19)13-17(2)27)33-23(28)11-6-5-9-18-16-31-22(26-18)10-7-12-25-24(29)30-3/h4,6-7,10-11,16,19-21H,1,5,8-9,12-15H2,2-3H3,(H,25,29)/b10-7-,11-6-/t19?,20?,21-/m1/s1. The number of rotatable bonds is 12. The molecular formula is C24H32N2O7. The molecule has 1 aromatic rings. The Bertz CT molecular complexity index is 859. The molecule has 2 rings (SSSR count). The van der Waals surface area contributed by atoms with Crippen molar-refractivity contribution in [1.29, 1.82) is 0 Å². The van der Waals surface area contributed by atoms with Crippen molar-refractivity contribution >= 4 is 23.9 Å². The van der Waals surface area contributed by atoms with Crippen molar-refractivity contribution in [2.75, 3.05) is 13.7 Å². The molecule has 3 atom stereocenters. The molecular weight excluding hydrogens is 428 g/mol. The van der Waals surface area contributed by atoms with Crippen molar-refractivity contribution < 1.29 is 33.0 Å². The van der Waals surface area contributed by atoms with Gasteiger partial charge < -0.3 is 23.9 Å². The molecule has 1 aromatic heterocycles. The van der Waals surface area contributed by atoms with Crippen LogP contribution in [0.4, 0.5) is 4.79 Å². The number of nitrogens with zero attached hydrogens (tertiary/aromatic N) is 1. The molecule has 9 nitrogen and oxygen atoms in total. The molecule has 1 fully saturated rings. The van der Waals surface area contributed by atoms with E-state index in [1.54, 1.807) is 30.6 Å². The summed E-state index contributed by atoms with van der Waals surface area (Å²) in [5, 5.41) is 2.51. The number of aromatic nitrogens is 1. The Hall–Kier alpha value is -3.20. The Morgan fingerprint density at radius 1 is 1.27 bits per heavy atom. The predicted molar refractivity (Wildman–Crippen MR) is 121 cm³/mol. The van der Waals surface area contributed by atoms with Crippen LogP contribution in [0.15, 0.2) is 41.6 Å². The highest BCUT2D eigenvalue weighted by Crippen LogP contribution is 2.26. The van der Waals surface area contributed by atoms with Crippen molar-refractivity contribution in [3.05, 3.63) is 48.7 Å². The van der Waals surface area contributed by atoms with Crippen molar-refractivity contribution in [3.63, 3.8) is 0 Å². The molecule has 0 aliphatic carbocycles. The zero-order chi connectivity index (χ0) is 24.1. The molecule has 0 saturated carbocycles. The second-order valence-electron chi connectivity index (χ2n) is 7.73. The van der Waals surface area contributed by atoms with Crippen LogP contribution in [0.1, 0.15) is 50.6 Å². The lowest BCUT2D eigenvalue weighted by Crippen LogP contribution is -2.38. The Kier molecular flexibility index (Phi) is 11.1. The lowest BCUT2D eigenvalue weighted by atomic mass is 9.96. The van der Waals surface area contributed by atoms with Crippen LogP contribution in [-0.2, 0) is 30.2 Å². The van der Waals surface area contributed by atoms with Crippen LogP contribution in [0.5, 0.6) is 0 Å². The van der Waals surface area contributed by atoms with Crippen LogP contribution in [0.3, 0.4) is 0 Å². The van der Waals surface area contributed by atoms with Crippen molar-refractivity contribution in [1.82, 2.24) is 10.3 Å². The van der Waals surface area contributed by atoms with Crippen LogP contribution in [0.25, 0.3) is 6.08 Å². The maximum absolute atomic E-state index is 12.2. The third kappa shape index (κ3) is 10.3. The van der Waals surface area contributed by atoms with Crippen LogP contribution in [0.2, 0.25) is 0 Å². The lowest BCUT2D eigenvalue weighted by molar-refractivity contribution is -0.157. The molecule has 2 heterocycles. The largest absolute Gasteiger partial charge is 0.459 e. The molecule has 0 aromatic carbocycles. The first-order chi connectivity index (χ1) is 15.9. The van der Waals surface area contributed by atoms with Gasteiger partial charge in [0.15, 0.2) is 0 Å². The Balaban J connectivity index is 1.74. The van der Waals surface area contributed by atoms with E-state index in [0.29, 0.717) is 51.0 Å². The van der Waals surface area contributed by atoms with E-state index in [1.165, 1.54) is 20.1 Å². The van der Waals surface area contributed by atoms with Gasteiger partial charge in [-0.15, -0.1) is 6.58 Å². The van der Waals surface area contributed by atoms with Gasteiger partial charge in [0.05, 0.1) is 25.0 Å². The Labute approximate surface area is 193 Å². The smallest absolute Gasteiger partial charge is 0.407 e. The number of oxazole rings is 1. The number of allylic oxidation sites excluding steroid dienone is 1. The molecule has 1 saturated heterocycles. The molecule has 0 radical (unpaired) electrons. The van der Waals surface area contributed by atoms with Gasteiger partial charge in [0.2, 0.25) is 5.89 Å². The molecule has 0 bridgehead atoms. The normalized spacial score (nSPS) is 20.6. The number of methoxy groups -OCH3 is 1. The number of hydrogen-bond donors (Lipinski definition) is 1. The van der Waals surface area contributed by atoms with E-state index in [-0.39, 0.29) is 24.1 Å². The highest BCUT2D eigenvalue weighted by atomic mass is 16.6. The number of hydrogen-bond acceptors (Lipinski definition) is 8. The van der Waals surface area contributed by atoms with E-state index in [9.17, 15) is 14.4 Å². The minimum absolute atomic E-state index is 0.0496. The quantitative estimate of drug-likeness (QED) is 0.286. The fourth-order valence-electron chi connectivity index (χ4n) is 3.45. The number of aryl methyl sites for hydroxylation is 1. The first-order valence-corrected chi connectivity index (χ1v) is 10.9. The minimum Gasteiger partial charge on any atom is -0.459 e. The van der Waals surface area contributed by atoms with E-state index < -0.39 is 12.1 Å². The molecule has 1 aliphatic rings. The van der Waals surface area contributed by atoms with E-state index >= 15 is 0 Å². The van der Waals surface area contributed by atoms with Gasteiger partial charge in [-0.3, -0.25) is 4.79 Å². The van der Waals surface area contributed by atoms with E-state index in [2.05, 4.69) is 21.6 Å². The second kappa shape index (κ2) is 14.1. The third-order valence-corrected chi connectivity index (χ3v) is 4.86. The first-order valence-electron chi connectivity index (χ1n) is 10.9. The fourth-order valence-corrected chi connectivity index (χ4v) is 3.45. The van der Waals surface area contributed by atoms with Gasteiger partial charge in [-0.2, -0.15) is 0 Å². The average molecular weight is 461 g/mol. The number of esters is 1. The summed E-state index contributed by atoms with van der Waals surface area (Å²) >= 11 is 0. The fraction of sp³-hybridized carbons (Fsp3) is 0.500. The summed E-state index contributed by atoms with van der Waals surface area (Å²) in [7, 11) is 1.30. The van der Waals surface area contributed by atoms with Gasteiger partial charge >= 0.3 is 12.1 Å². The van der Waals surface area contributed by atoms with Crippen molar-refractivity contribution in [2.24, 2.45) is 0 Å². The summed E-state index contributed by atoms with van der Waals surface area (Å²) in [6, 6.07) is 0. The summed E-state index contributed by atoms with van der Waals surface area (Å²) in [4.78, 5) is 38.9. The predicted octanol–water partition coefficient (Wildman–Crippen LogP) is 3.55. The highest BCUT2D eigenvalue weighted by molar-refractivity contribution is 5.82. The third-order valence-electron chi connectivity index (χ3n) is 4.86. The summed E-state index contributed by atoms with van der Waals surface area (Å²) in [6.45, 7) is 5.56. The van der Waals surface area contributed by atoms with Gasteiger partial charge in [-0.25, -0.2) is 14.6 Å². The number of amides is 1. The topological polar surface area (TPSA) is 117 Å². The number of ketones is 1. The first kappa shape index (κ1) is 26.1. The van der Waals surface area contributed by atoms with E-state index in [0.717, 1.165) is 5.69 Å². The summed E-state index contributed by atoms with van der Waals surface area (Å²) in [5.41, 5.74) is 0.748. The summed E-state index contributed by atoms with van der Waals surface area (Å²) in [5.74, 6) is 0.0602. The molecule has 1 amide bonds. The van der Waals surface area contributed by atoms with Crippen molar-refractivity contribution in [3.8, 4) is 0 Å². The monoisotopic (exact) mass is 460 g/mol. The van der Waals surface area contributed by atoms with Gasteiger partial charge in [0.1, 0.15) is 18.2 Å². The van der Waals surface area contributed by atoms with E-state index in [4.69, 9.17) is 13.9 Å². The zero-order valence-corrected chi connectivity index (χ0v) is 19.2. The molecule has 180 valence electrons. The zero-order valence-electron chi connectivity index (χ0n) is 19.2. The average Bonchev–Trinajstić information content (AvgIpc) is 3.21. The summed E-state index contributed by atoms with van der Waals surface area (Å²) in [6.07, 6.45) is 11.9. The Morgan fingerprint density at radius 3 is 2.79 bits per heavy atom. The maximum atomic E-state index is 12.2. The number of ether oxygens (including phenoxy) is 3. The number of nitrogens with one attached hydrogen (secondary N) is 1. The number of carbonyl (C=O) groups excluding carboxylic acids is 3. The van der Waals surface area contributed by atoms with Crippen LogP contribution >= 0.6 is 0 Å². The van der Waals surface area contributed by atoms with E-state index in [1.807, 2.05) is 0 Å². The molecule has 9 heteroatoms. The SMILES string of the molecule is C=CCC1C[C@@H](OC(=O)/C=C\CCc2coc(/C=C\CNC(=O)OC)n2)CC(CC(C)=O)O1. The molecule has 2 unspecified atom stereocenters. The lowest BCUT2D eigenvalue weighted by Gasteiger charge is -2.34. The van der Waals surface area contributed by atoms with Crippen LogP contribution in [-0.4, -0.2) is 54.8 Å². The van der Waals surface area contributed by atoms with Gasteiger partial charge in [0, 0.05) is 31.9 Å². The number of alkyl carbamates (subject to hydrolysis) is 1. The molecule has 1 N–H and O–H groups in total. The molecule has 33 heavy (non-hydrogen) atoms. The van der Waals surface area contributed by atoms with Crippen LogP contribution in [0, 0.1) is 0 Å². The van der Waals surface area contributed by atoms with Gasteiger partial charge in [-0.05, 0) is 32.3 Å². The van der Waals surface area contributed by atoms with Gasteiger partial charge in [0.25, 0.3) is 0 Å². The summed E-state index contributed by atoms with van der Waals surface area (Å²) < 4.78 is 21.3. The number of carbonyl (C=O) groups is 3. The maximum Gasteiger partial charge on any atom is 0.407 e. The van der Waals surface area contributed by atoms with Gasteiger partial charge in [-0.1, -0.05) is 18.2 Å². The molecule has 0 spiro atoms. The second-order valence-corrected chi connectivity index (χ2v) is 7.73. The number of Topliss-reactive ketones (excluding diaryl/α,β-unsaturated/α-hetero) is 1. The Morgan fingerprint density at radius 2 is 2.06 bits per heavy atom. The molecule has 1 aliphatic heterocycles. The highest BCUT2D eigenvalue weighted by Gasteiger charge is 2.31. The van der Waals surface area contributed by atoms with Crippen LogP contribution < -0.4 is 5.32 Å². The van der Waals surface area contributed by atoms with Crippen molar-refractivity contribution in [2.45, 2.75) is 63.8 Å².